The molecule has 0 radical (unpaired) electrons. The zero-order valence-electron chi connectivity index (χ0n) is 11.7. The van der Waals surface area contributed by atoms with E-state index in [2.05, 4.69) is 13.0 Å². The van der Waals surface area contributed by atoms with E-state index in [0.717, 1.165) is 28.6 Å². The summed E-state index contributed by atoms with van der Waals surface area (Å²) < 4.78 is 0. The molecule has 1 atom stereocenters. The Labute approximate surface area is 123 Å². The van der Waals surface area contributed by atoms with Crippen molar-refractivity contribution >= 4 is 28.4 Å². The highest BCUT2D eigenvalue weighted by Crippen LogP contribution is 2.34. The first-order valence-corrected chi connectivity index (χ1v) is 7.29. The van der Waals surface area contributed by atoms with Gasteiger partial charge in [-0.2, -0.15) is 0 Å². The minimum Gasteiger partial charge on any atom is -0.338 e. The number of carbonyl (C=O) groups is 1. The van der Waals surface area contributed by atoms with E-state index in [1.54, 1.807) is 6.92 Å². The van der Waals surface area contributed by atoms with Crippen molar-refractivity contribution in [3.05, 3.63) is 41.1 Å². The molecule has 3 rings (SSSR count). The van der Waals surface area contributed by atoms with Crippen LogP contribution in [0.3, 0.4) is 0 Å². The topological polar surface area (TPSA) is 33.2 Å². The molecule has 0 bridgehead atoms. The second-order valence-electron chi connectivity index (χ2n) is 5.31. The lowest BCUT2D eigenvalue weighted by atomic mass is 10.00. The number of halogens is 1. The van der Waals surface area contributed by atoms with Crippen molar-refractivity contribution in [1.29, 1.82) is 0 Å². The molecule has 1 aliphatic rings. The van der Waals surface area contributed by atoms with Crippen molar-refractivity contribution in [3.8, 4) is 0 Å². The van der Waals surface area contributed by atoms with Crippen LogP contribution in [0.4, 0.5) is 0 Å². The molecule has 1 aliphatic heterocycles. The number of hydrogen-bond acceptors (Lipinski definition) is 2. The van der Waals surface area contributed by atoms with Crippen LogP contribution in [0.15, 0.2) is 24.3 Å². The lowest BCUT2D eigenvalue weighted by molar-refractivity contribution is -0.129. The number of amides is 1. The van der Waals surface area contributed by atoms with Crippen molar-refractivity contribution in [3.63, 3.8) is 0 Å². The summed E-state index contributed by atoms with van der Waals surface area (Å²) in [5, 5.41) is 1.01. The van der Waals surface area contributed by atoms with Crippen LogP contribution in [-0.4, -0.2) is 22.3 Å². The molecule has 2 heterocycles. The number of carbonyl (C=O) groups excluding carboxylic acids is 1. The first kappa shape index (κ1) is 13.4. The van der Waals surface area contributed by atoms with Gasteiger partial charge < -0.3 is 4.90 Å². The smallest absolute Gasteiger partial charge is 0.219 e. The summed E-state index contributed by atoms with van der Waals surface area (Å²) in [6.07, 6.45) is 0.749. The number of fused-ring (bicyclic) bond motifs is 2. The number of aromatic nitrogens is 1. The van der Waals surface area contributed by atoms with E-state index in [1.165, 1.54) is 5.56 Å². The molecule has 1 aromatic carbocycles. The maximum Gasteiger partial charge on any atom is 0.219 e. The average molecular weight is 289 g/mol. The van der Waals surface area contributed by atoms with Gasteiger partial charge >= 0.3 is 0 Å². The molecule has 1 aromatic heterocycles. The molecule has 1 amide bonds. The molecule has 0 aliphatic carbocycles. The molecule has 1 unspecified atom stereocenters. The van der Waals surface area contributed by atoms with Crippen molar-refractivity contribution in [2.45, 2.75) is 32.2 Å². The second-order valence-corrected chi connectivity index (χ2v) is 5.84. The lowest BCUT2D eigenvalue weighted by Crippen LogP contribution is -2.28. The van der Waals surface area contributed by atoms with Gasteiger partial charge in [0.15, 0.2) is 0 Å². The first-order valence-electron chi connectivity index (χ1n) is 6.85. The Morgan fingerprint density at radius 1 is 1.40 bits per heavy atom. The van der Waals surface area contributed by atoms with Crippen LogP contribution in [0.5, 0.6) is 0 Å². The van der Waals surface area contributed by atoms with Gasteiger partial charge in [0.2, 0.25) is 5.91 Å². The lowest BCUT2D eigenvalue weighted by Gasteiger charge is -2.20. The van der Waals surface area contributed by atoms with Crippen LogP contribution in [0, 0.1) is 6.92 Å². The predicted molar refractivity (Wildman–Crippen MR) is 80.8 cm³/mol. The Kier molecular flexibility index (Phi) is 3.38. The Morgan fingerprint density at radius 3 is 2.90 bits per heavy atom. The minimum absolute atomic E-state index is 0.0919. The fourth-order valence-corrected chi connectivity index (χ4v) is 3.12. The molecule has 0 N–H and O–H groups in total. The number of alkyl halides is 1. The summed E-state index contributed by atoms with van der Waals surface area (Å²) in [5.74, 6) is 0.0919. The maximum atomic E-state index is 11.7. The molecule has 0 fully saturated rings. The first-order chi connectivity index (χ1) is 9.58. The maximum absolute atomic E-state index is 11.7. The van der Waals surface area contributed by atoms with Crippen molar-refractivity contribution in [2.24, 2.45) is 0 Å². The van der Waals surface area contributed by atoms with Crippen LogP contribution in [0.2, 0.25) is 0 Å². The van der Waals surface area contributed by atoms with E-state index in [-0.39, 0.29) is 11.3 Å². The highest BCUT2D eigenvalue weighted by atomic mass is 35.5. The van der Waals surface area contributed by atoms with E-state index < -0.39 is 0 Å². The number of hydrogen-bond donors (Lipinski definition) is 0. The van der Waals surface area contributed by atoms with Gasteiger partial charge in [-0.25, -0.2) is 0 Å². The van der Waals surface area contributed by atoms with Crippen LogP contribution in [0.25, 0.3) is 10.9 Å². The molecule has 20 heavy (non-hydrogen) atoms. The summed E-state index contributed by atoms with van der Waals surface area (Å²) in [6, 6.07) is 8.09. The Hall–Kier alpha value is -1.61. The fraction of sp³-hybridized carbons (Fsp3) is 0.375. The number of pyridine rings is 1. The van der Waals surface area contributed by atoms with Crippen LogP contribution in [-0.2, 0) is 11.3 Å². The van der Waals surface area contributed by atoms with Crippen LogP contribution < -0.4 is 0 Å². The van der Waals surface area contributed by atoms with E-state index in [1.807, 2.05) is 23.1 Å². The molecule has 3 nitrogen and oxygen atoms in total. The Morgan fingerprint density at radius 2 is 2.15 bits per heavy atom. The van der Waals surface area contributed by atoms with Gasteiger partial charge in [0.1, 0.15) is 0 Å². The second kappa shape index (κ2) is 5.06. The third-order valence-corrected chi connectivity index (χ3v) is 4.48. The summed E-state index contributed by atoms with van der Waals surface area (Å²) >= 11 is 6.49. The highest BCUT2D eigenvalue weighted by molar-refractivity contribution is 6.20. The normalized spacial score (nSPS) is 18.8. The van der Waals surface area contributed by atoms with E-state index in [0.29, 0.717) is 13.1 Å². The van der Waals surface area contributed by atoms with Gasteiger partial charge in [-0.05, 0) is 30.5 Å². The monoisotopic (exact) mass is 288 g/mol. The van der Waals surface area contributed by atoms with Gasteiger partial charge in [-0.15, -0.1) is 11.6 Å². The van der Waals surface area contributed by atoms with E-state index in [4.69, 9.17) is 16.6 Å². The highest BCUT2D eigenvalue weighted by Gasteiger charge is 2.25. The third kappa shape index (κ3) is 2.16. The van der Waals surface area contributed by atoms with Crippen molar-refractivity contribution in [1.82, 2.24) is 9.88 Å². The molecule has 0 spiro atoms. The van der Waals surface area contributed by atoms with E-state index in [9.17, 15) is 4.79 Å². The van der Waals surface area contributed by atoms with Crippen LogP contribution >= 0.6 is 11.6 Å². The molecule has 104 valence electrons. The van der Waals surface area contributed by atoms with Crippen molar-refractivity contribution < 1.29 is 4.79 Å². The largest absolute Gasteiger partial charge is 0.338 e. The van der Waals surface area contributed by atoms with E-state index >= 15 is 0 Å². The molecular formula is C16H17ClN2O. The fourth-order valence-electron chi connectivity index (χ4n) is 2.84. The van der Waals surface area contributed by atoms with Gasteiger partial charge in [-0.3, -0.25) is 9.78 Å². The summed E-state index contributed by atoms with van der Waals surface area (Å²) in [5.41, 5.74) is 4.21. The van der Waals surface area contributed by atoms with Gasteiger partial charge in [0.05, 0.1) is 16.6 Å². The van der Waals surface area contributed by atoms with Crippen molar-refractivity contribution in [2.75, 3.05) is 6.54 Å². The molecular weight excluding hydrogens is 272 g/mol. The van der Waals surface area contributed by atoms with Crippen LogP contribution in [0.1, 0.15) is 35.5 Å². The summed E-state index contributed by atoms with van der Waals surface area (Å²) in [7, 11) is 0. The predicted octanol–water partition coefficient (Wildman–Crippen LogP) is 3.58. The quantitative estimate of drug-likeness (QED) is 0.694. The molecule has 2 aromatic rings. The SMILES string of the molecule is CC(=O)N1CCC(Cl)c2nc3ccccc3c(C)c2C1. The zero-order chi connectivity index (χ0) is 14.3. The Balaban J connectivity index is 2.22. The summed E-state index contributed by atoms with van der Waals surface area (Å²) in [4.78, 5) is 18.3. The number of benzene rings is 1. The molecule has 0 saturated carbocycles. The molecule has 0 saturated heterocycles. The minimum atomic E-state index is -0.127. The van der Waals surface area contributed by atoms with Gasteiger partial charge in [0.25, 0.3) is 0 Å². The molecule has 4 heteroatoms. The zero-order valence-corrected chi connectivity index (χ0v) is 12.4. The standard InChI is InChI=1S/C16H17ClN2O/c1-10-12-5-3-4-6-15(12)18-16-13(10)9-19(11(2)20)8-7-14(16)17/h3-6,14H,7-9H2,1-2H3. The number of aryl methyl sites for hydroxylation is 1. The van der Waals surface area contributed by atoms with Gasteiger partial charge in [-0.1, -0.05) is 18.2 Å². The number of para-hydroxylation sites is 1. The Bertz CT molecular complexity index is 683. The average Bonchev–Trinajstić information content (AvgIpc) is 2.60. The third-order valence-electron chi connectivity index (χ3n) is 4.05. The number of nitrogens with zero attached hydrogens (tertiary/aromatic N) is 2. The van der Waals surface area contributed by atoms with Gasteiger partial charge in [0, 0.05) is 25.4 Å². The summed E-state index contributed by atoms with van der Waals surface area (Å²) in [6.45, 7) is 5.00. The number of rotatable bonds is 0.